The lowest BCUT2D eigenvalue weighted by Crippen LogP contribution is -1.68. The molecule has 0 rings (SSSR count). The van der Waals surface area contributed by atoms with Gasteiger partial charge in [-0.3, -0.25) is 0 Å². The van der Waals surface area contributed by atoms with E-state index in [2.05, 4.69) is 0 Å². The van der Waals surface area contributed by atoms with Crippen LogP contribution in [0.4, 0.5) is 3.89 Å². The highest BCUT2D eigenvalue weighted by atomic mass is 35.5. The molecule has 0 spiro atoms. The quantitative estimate of drug-likeness (QED) is 0.494. The molecule has 0 aromatic rings. The van der Waals surface area contributed by atoms with Gasteiger partial charge in [0.05, 0.1) is 0 Å². The fourth-order valence-corrected chi connectivity index (χ4v) is 0.262. The zero-order valence-electron chi connectivity index (χ0n) is 2.58. The Morgan fingerprint density at radius 3 is 2.40 bits per heavy atom. The van der Waals surface area contributed by atoms with Crippen molar-refractivity contribution < 1.29 is 3.89 Å². The van der Waals surface area contributed by atoms with Gasteiger partial charge in [0.2, 0.25) is 0 Å². The topological polar surface area (TPSA) is 0 Å². The summed E-state index contributed by atoms with van der Waals surface area (Å²) in [7, 11) is 0. The zero-order chi connectivity index (χ0) is 4.12. The van der Waals surface area contributed by atoms with Crippen LogP contribution in [0.1, 0.15) is 0 Å². The molecule has 0 atom stereocenters. The van der Waals surface area contributed by atoms with Crippen molar-refractivity contribution in [1.29, 1.82) is 0 Å². The van der Waals surface area contributed by atoms with Crippen LogP contribution in [-0.4, -0.2) is 11.6 Å². The Hall–Kier alpha value is 0.570. The summed E-state index contributed by atoms with van der Waals surface area (Å²) in [5.74, 6) is 0.808. The maximum atomic E-state index is 10.8. The first-order valence-electron chi connectivity index (χ1n) is 1.21. The Bertz CT molecular complexity index is 17.1. The van der Waals surface area contributed by atoms with Gasteiger partial charge in [-0.2, -0.15) is 3.89 Å². The predicted molar refractivity (Wildman–Crippen MR) is 24.3 cm³/mol. The van der Waals surface area contributed by atoms with Crippen molar-refractivity contribution in [2.45, 2.75) is 0 Å². The fraction of sp³-hybridized carbons (Fsp3) is 1.00. The van der Waals surface area contributed by atoms with Crippen LogP contribution in [0.3, 0.4) is 0 Å². The van der Waals surface area contributed by atoms with Crippen LogP contribution in [0, 0.1) is 0 Å². The highest BCUT2D eigenvalue weighted by Gasteiger charge is 1.74. The molecule has 0 nitrogen and oxygen atoms in total. The maximum Gasteiger partial charge on any atom is 0.0455 e. The second-order valence-electron chi connectivity index (χ2n) is 0.502. The second-order valence-corrected chi connectivity index (χ2v) is 1.51. The van der Waals surface area contributed by atoms with Crippen molar-refractivity contribution >= 4 is 23.7 Å². The van der Waals surface area contributed by atoms with Gasteiger partial charge in [-0.25, -0.2) is 0 Å². The molecule has 0 aliphatic carbocycles. The molecule has 5 heavy (non-hydrogen) atoms. The summed E-state index contributed by atoms with van der Waals surface area (Å²) in [5.41, 5.74) is 0. The average molecular weight is 115 g/mol. The van der Waals surface area contributed by atoms with E-state index < -0.39 is 0 Å². The summed E-state index contributed by atoms with van der Waals surface area (Å²) in [6.07, 6.45) is 0. The van der Waals surface area contributed by atoms with Crippen molar-refractivity contribution in [3.63, 3.8) is 0 Å². The molecule has 0 fully saturated rings. The normalized spacial score (nSPS) is 8.40. The lowest BCUT2D eigenvalue weighted by Gasteiger charge is -1.73. The van der Waals surface area contributed by atoms with Gasteiger partial charge in [-0.15, -0.1) is 11.6 Å². The van der Waals surface area contributed by atoms with Crippen LogP contribution in [0.5, 0.6) is 0 Å². The van der Waals surface area contributed by atoms with E-state index in [4.69, 9.17) is 11.6 Å². The van der Waals surface area contributed by atoms with Crippen LogP contribution < -0.4 is 0 Å². The number of rotatable bonds is 2. The Balaban J connectivity index is 2.19. The molecular formula is C2H4ClFS. The molecule has 3 heteroatoms. The van der Waals surface area contributed by atoms with Crippen molar-refractivity contribution in [3.8, 4) is 0 Å². The molecule has 0 aliphatic heterocycles. The second kappa shape index (κ2) is 4.57. The van der Waals surface area contributed by atoms with Crippen LogP contribution in [0.25, 0.3) is 0 Å². The van der Waals surface area contributed by atoms with E-state index in [1.165, 1.54) is 0 Å². The minimum atomic E-state index is 0.270. The van der Waals surface area contributed by atoms with E-state index in [-0.39, 0.29) is 12.1 Å². The van der Waals surface area contributed by atoms with Crippen molar-refractivity contribution in [2.75, 3.05) is 11.6 Å². The molecule has 0 saturated heterocycles. The van der Waals surface area contributed by atoms with Crippen LogP contribution in [0.2, 0.25) is 0 Å². The number of hydrogen-bond donors (Lipinski definition) is 0. The molecule has 0 saturated carbocycles. The SMILES string of the molecule is FSCCCl. The van der Waals surface area contributed by atoms with Gasteiger partial charge in [0.15, 0.2) is 0 Å². The van der Waals surface area contributed by atoms with E-state index in [1.807, 2.05) is 0 Å². The molecule has 0 aliphatic rings. The summed E-state index contributed by atoms with van der Waals surface area (Å²) in [6, 6.07) is 0. The van der Waals surface area contributed by atoms with Gasteiger partial charge in [-0.05, 0) is 0 Å². The van der Waals surface area contributed by atoms with Crippen LogP contribution in [0.15, 0.2) is 0 Å². The third kappa shape index (κ3) is 4.57. The fourth-order valence-electron chi connectivity index (χ4n) is 0.0292. The van der Waals surface area contributed by atoms with Gasteiger partial charge in [0, 0.05) is 23.8 Å². The molecule has 0 N–H and O–H groups in total. The van der Waals surface area contributed by atoms with Gasteiger partial charge in [0.25, 0.3) is 0 Å². The highest BCUT2D eigenvalue weighted by Crippen LogP contribution is 1.98. The van der Waals surface area contributed by atoms with Gasteiger partial charge >= 0.3 is 0 Å². The van der Waals surface area contributed by atoms with Crippen LogP contribution in [-0.2, 0) is 0 Å². The van der Waals surface area contributed by atoms with Crippen molar-refractivity contribution in [1.82, 2.24) is 0 Å². The monoisotopic (exact) mass is 114 g/mol. The number of hydrogen-bond acceptors (Lipinski definition) is 1. The molecule has 0 radical (unpaired) electrons. The van der Waals surface area contributed by atoms with Crippen molar-refractivity contribution in [3.05, 3.63) is 0 Å². The lowest BCUT2D eigenvalue weighted by atomic mass is 11.0. The van der Waals surface area contributed by atoms with Gasteiger partial charge in [-0.1, -0.05) is 0 Å². The minimum absolute atomic E-state index is 0.270. The molecular weight excluding hydrogens is 111 g/mol. The third-order valence-corrected chi connectivity index (χ3v) is 0.926. The Kier molecular flexibility index (Phi) is 5.09. The first-order valence-corrected chi connectivity index (χ1v) is 2.63. The molecule has 0 aromatic heterocycles. The molecule has 0 unspecified atom stereocenters. The van der Waals surface area contributed by atoms with Gasteiger partial charge < -0.3 is 0 Å². The molecule has 0 bridgehead atoms. The zero-order valence-corrected chi connectivity index (χ0v) is 4.15. The predicted octanol–water partition coefficient (Wildman–Crippen LogP) is 1.84. The summed E-state index contributed by atoms with van der Waals surface area (Å²) >= 11 is 5.31. The summed E-state index contributed by atoms with van der Waals surface area (Å²) in [4.78, 5) is 0. The van der Waals surface area contributed by atoms with E-state index in [9.17, 15) is 3.89 Å². The first-order chi connectivity index (χ1) is 2.41. The summed E-state index contributed by atoms with van der Waals surface area (Å²) in [5, 5.41) is 0. The Morgan fingerprint density at radius 1 is 1.80 bits per heavy atom. The Labute approximate surface area is 40.0 Å². The summed E-state index contributed by atoms with van der Waals surface area (Å²) < 4.78 is 10.8. The van der Waals surface area contributed by atoms with E-state index in [0.717, 1.165) is 0 Å². The first kappa shape index (κ1) is 5.57. The third-order valence-electron chi connectivity index (χ3n) is 0.154. The van der Waals surface area contributed by atoms with Crippen LogP contribution >= 0.6 is 23.7 Å². The minimum Gasteiger partial charge on any atom is -0.165 e. The molecule has 0 amide bonds. The average Bonchev–Trinajstić information content (AvgIpc) is 1.41. The molecule has 0 aromatic carbocycles. The molecule has 32 valence electrons. The maximum absolute atomic E-state index is 10.8. The van der Waals surface area contributed by atoms with E-state index in [0.29, 0.717) is 11.6 Å². The lowest BCUT2D eigenvalue weighted by molar-refractivity contribution is 0.936. The standard InChI is InChI=1S/C2H4ClFS/c3-1-2-5-4/h1-2H2. The van der Waals surface area contributed by atoms with Gasteiger partial charge in [0.1, 0.15) is 0 Å². The number of alkyl halides is 1. The molecule has 0 heterocycles. The summed E-state index contributed by atoms with van der Waals surface area (Å²) in [6.45, 7) is 0. The van der Waals surface area contributed by atoms with E-state index >= 15 is 0 Å². The smallest absolute Gasteiger partial charge is 0.0455 e. The number of halogens is 2. The van der Waals surface area contributed by atoms with Crippen molar-refractivity contribution in [2.24, 2.45) is 0 Å². The van der Waals surface area contributed by atoms with E-state index in [1.54, 1.807) is 0 Å². The highest BCUT2D eigenvalue weighted by molar-refractivity contribution is 7.94. The largest absolute Gasteiger partial charge is 0.165 e. The Morgan fingerprint density at radius 2 is 2.40 bits per heavy atom.